The van der Waals surface area contributed by atoms with Crippen LogP contribution in [0.15, 0.2) is 18.2 Å². The van der Waals surface area contributed by atoms with Crippen LogP contribution in [0.1, 0.15) is 30.3 Å². The van der Waals surface area contributed by atoms with Gasteiger partial charge in [0.25, 0.3) is 0 Å². The minimum atomic E-state index is 0. The summed E-state index contributed by atoms with van der Waals surface area (Å²) in [5.74, 6) is 0. The summed E-state index contributed by atoms with van der Waals surface area (Å²) >= 11 is 0. The normalized spacial score (nSPS) is 11.9. The second-order valence-corrected chi connectivity index (χ2v) is 3.24. The van der Waals surface area contributed by atoms with Gasteiger partial charge in [0.2, 0.25) is 0 Å². The van der Waals surface area contributed by atoms with Crippen molar-refractivity contribution >= 4 is 12.4 Å². The molecule has 0 unspecified atom stereocenters. The van der Waals surface area contributed by atoms with Gasteiger partial charge in [-0.05, 0) is 38.4 Å². The summed E-state index contributed by atoms with van der Waals surface area (Å²) in [5, 5.41) is 0. The average molecular weight is 216 g/mol. The molecule has 0 aliphatic rings. The number of pyridine rings is 1. The first-order valence-corrected chi connectivity index (χ1v) is 4.63. The lowest BCUT2D eigenvalue weighted by molar-refractivity contribution is 0.602. The summed E-state index contributed by atoms with van der Waals surface area (Å²) in [6.07, 6.45) is 1.86. The van der Waals surface area contributed by atoms with Gasteiger partial charge < -0.3 is 11.5 Å². The molecule has 3 nitrogen and oxygen atoms in total. The maximum Gasteiger partial charge on any atom is 0.0574 e. The fourth-order valence-corrected chi connectivity index (χ4v) is 1.26. The number of aryl methyl sites for hydroxylation is 1. The summed E-state index contributed by atoms with van der Waals surface area (Å²) in [4.78, 5) is 4.36. The molecule has 0 spiro atoms. The number of hydrogen-bond donors (Lipinski definition) is 2. The highest BCUT2D eigenvalue weighted by molar-refractivity contribution is 5.85. The number of aromatic nitrogens is 1. The van der Waals surface area contributed by atoms with Gasteiger partial charge >= 0.3 is 0 Å². The molecule has 1 aromatic heterocycles. The molecule has 0 aliphatic carbocycles. The lowest BCUT2D eigenvalue weighted by Gasteiger charge is -2.10. The van der Waals surface area contributed by atoms with E-state index in [1.165, 1.54) is 0 Å². The topological polar surface area (TPSA) is 64.9 Å². The Morgan fingerprint density at radius 1 is 1.43 bits per heavy atom. The van der Waals surface area contributed by atoms with Gasteiger partial charge in [-0.3, -0.25) is 4.98 Å². The Labute approximate surface area is 91.3 Å². The number of nitrogens with zero attached hydrogens (tertiary/aromatic N) is 1. The Hall–Kier alpha value is -0.640. The minimum absolute atomic E-state index is 0. The van der Waals surface area contributed by atoms with E-state index in [0.29, 0.717) is 6.54 Å². The molecule has 0 aromatic carbocycles. The summed E-state index contributed by atoms with van der Waals surface area (Å²) in [5.41, 5.74) is 13.3. The molecule has 0 aliphatic heterocycles. The first kappa shape index (κ1) is 13.4. The molecule has 1 atom stereocenters. The van der Waals surface area contributed by atoms with Crippen molar-refractivity contribution in [3.63, 3.8) is 0 Å². The quantitative estimate of drug-likeness (QED) is 0.801. The fraction of sp³-hybridized carbons (Fsp3) is 0.500. The van der Waals surface area contributed by atoms with Crippen molar-refractivity contribution in [3.05, 3.63) is 29.6 Å². The fourth-order valence-electron chi connectivity index (χ4n) is 1.26. The summed E-state index contributed by atoms with van der Waals surface area (Å²) in [6.45, 7) is 2.67. The van der Waals surface area contributed by atoms with Gasteiger partial charge in [-0.25, -0.2) is 0 Å². The standard InChI is InChI=1S/C10H17N3.ClH/c1-8-4-2-6-10(13-8)9(12)5-3-7-11;/h2,4,6,9H,3,5,7,11-12H2,1H3;1H/t9-;/m1./s1. The molecular weight excluding hydrogens is 198 g/mol. The third-order valence-electron chi connectivity index (χ3n) is 2.01. The molecule has 4 N–H and O–H groups in total. The Morgan fingerprint density at radius 3 is 2.71 bits per heavy atom. The van der Waals surface area contributed by atoms with Crippen LogP contribution in [-0.2, 0) is 0 Å². The molecule has 1 heterocycles. The second kappa shape index (κ2) is 6.76. The minimum Gasteiger partial charge on any atom is -0.330 e. The summed E-state index contributed by atoms with van der Waals surface area (Å²) in [7, 11) is 0. The highest BCUT2D eigenvalue weighted by Gasteiger charge is 2.05. The van der Waals surface area contributed by atoms with Crippen LogP contribution in [0.4, 0.5) is 0 Å². The highest BCUT2D eigenvalue weighted by atomic mass is 35.5. The Kier molecular flexibility index (Phi) is 6.45. The highest BCUT2D eigenvalue weighted by Crippen LogP contribution is 2.12. The molecule has 0 amide bonds. The monoisotopic (exact) mass is 215 g/mol. The van der Waals surface area contributed by atoms with Crippen molar-refractivity contribution < 1.29 is 0 Å². The van der Waals surface area contributed by atoms with Crippen LogP contribution >= 0.6 is 12.4 Å². The SMILES string of the molecule is Cc1cccc([C@H](N)CCCN)n1.Cl. The van der Waals surface area contributed by atoms with Crippen LogP contribution in [0.2, 0.25) is 0 Å². The molecular formula is C10H18ClN3. The van der Waals surface area contributed by atoms with E-state index in [0.717, 1.165) is 24.2 Å². The lowest BCUT2D eigenvalue weighted by Crippen LogP contribution is -2.14. The molecule has 14 heavy (non-hydrogen) atoms. The predicted octanol–water partition coefficient (Wildman–Crippen LogP) is 1.55. The third kappa shape index (κ3) is 4.05. The van der Waals surface area contributed by atoms with E-state index in [9.17, 15) is 0 Å². The van der Waals surface area contributed by atoms with E-state index in [1.54, 1.807) is 0 Å². The number of hydrogen-bond acceptors (Lipinski definition) is 3. The van der Waals surface area contributed by atoms with Gasteiger partial charge in [0, 0.05) is 11.7 Å². The third-order valence-corrected chi connectivity index (χ3v) is 2.01. The van der Waals surface area contributed by atoms with E-state index in [1.807, 2.05) is 25.1 Å². The molecule has 0 saturated heterocycles. The van der Waals surface area contributed by atoms with Gasteiger partial charge in [0.15, 0.2) is 0 Å². The summed E-state index contributed by atoms with van der Waals surface area (Å²) < 4.78 is 0. The molecule has 0 bridgehead atoms. The van der Waals surface area contributed by atoms with Gasteiger partial charge in [-0.2, -0.15) is 0 Å². The maximum absolute atomic E-state index is 5.93. The molecule has 0 radical (unpaired) electrons. The van der Waals surface area contributed by atoms with Crippen molar-refractivity contribution in [1.82, 2.24) is 4.98 Å². The van der Waals surface area contributed by atoms with Crippen LogP contribution in [0.25, 0.3) is 0 Å². The van der Waals surface area contributed by atoms with E-state index in [2.05, 4.69) is 4.98 Å². The van der Waals surface area contributed by atoms with Gasteiger partial charge in [-0.1, -0.05) is 6.07 Å². The van der Waals surface area contributed by atoms with Crippen LogP contribution in [0, 0.1) is 6.92 Å². The van der Waals surface area contributed by atoms with E-state index in [-0.39, 0.29) is 18.4 Å². The van der Waals surface area contributed by atoms with Gasteiger partial charge in [0.05, 0.1) is 5.69 Å². The van der Waals surface area contributed by atoms with E-state index >= 15 is 0 Å². The van der Waals surface area contributed by atoms with Gasteiger partial charge in [0.1, 0.15) is 0 Å². The largest absolute Gasteiger partial charge is 0.330 e. The molecule has 0 saturated carbocycles. The number of nitrogens with two attached hydrogens (primary N) is 2. The summed E-state index contributed by atoms with van der Waals surface area (Å²) in [6, 6.07) is 5.95. The zero-order chi connectivity index (χ0) is 9.68. The predicted molar refractivity (Wildman–Crippen MR) is 61.4 cm³/mol. The Morgan fingerprint density at radius 2 is 2.14 bits per heavy atom. The molecule has 1 rings (SSSR count). The Balaban J connectivity index is 0.00000169. The van der Waals surface area contributed by atoms with Gasteiger partial charge in [-0.15, -0.1) is 12.4 Å². The van der Waals surface area contributed by atoms with Crippen LogP contribution < -0.4 is 11.5 Å². The van der Waals surface area contributed by atoms with Crippen LogP contribution in [-0.4, -0.2) is 11.5 Å². The molecule has 80 valence electrons. The maximum atomic E-state index is 5.93. The second-order valence-electron chi connectivity index (χ2n) is 3.24. The van der Waals surface area contributed by atoms with Crippen molar-refractivity contribution in [3.8, 4) is 0 Å². The van der Waals surface area contributed by atoms with Crippen molar-refractivity contribution in [2.24, 2.45) is 11.5 Å². The first-order chi connectivity index (χ1) is 6.24. The zero-order valence-corrected chi connectivity index (χ0v) is 9.26. The van der Waals surface area contributed by atoms with Crippen molar-refractivity contribution in [2.45, 2.75) is 25.8 Å². The average Bonchev–Trinajstić information content (AvgIpc) is 2.14. The lowest BCUT2D eigenvalue weighted by atomic mass is 10.1. The molecule has 1 aromatic rings. The molecule has 0 fully saturated rings. The van der Waals surface area contributed by atoms with Crippen LogP contribution in [0.5, 0.6) is 0 Å². The first-order valence-electron chi connectivity index (χ1n) is 4.63. The van der Waals surface area contributed by atoms with Crippen molar-refractivity contribution in [2.75, 3.05) is 6.54 Å². The number of rotatable bonds is 4. The Bertz CT molecular complexity index is 265. The smallest absolute Gasteiger partial charge is 0.0574 e. The van der Waals surface area contributed by atoms with E-state index in [4.69, 9.17) is 11.5 Å². The molecule has 4 heteroatoms. The van der Waals surface area contributed by atoms with E-state index < -0.39 is 0 Å². The van der Waals surface area contributed by atoms with Crippen LogP contribution in [0.3, 0.4) is 0 Å². The zero-order valence-electron chi connectivity index (χ0n) is 8.44. The van der Waals surface area contributed by atoms with Crippen molar-refractivity contribution in [1.29, 1.82) is 0 Å². The number of halogens is 1.